The van der Waals surface area contributed by atoms with Gasteiger partial charge in [0.05, 0.1) is 10.2 Å². The quantitative estimate of drug-likeness (QED) is 0.617. The highest BCUT2D eigenvalue weighted by Gasteiger charge is 2.09. The standard InChI is InChI=1S/C15H11ClN4O3S/c16-12-3-1-2-10(18-12)13(21)17-7-8-4-5-9-11(6-8)24-14(19-9)20-15(22)23/h1-6H,7H2,(H,17,21)(H,19,20)(H,22,23). The average Bonchev–Trinajstić information content (AvgIpc) is 2.93. The van der Waals surface area contributed by atoms with Gasteiger partial charge in [0.2, 0.25) is 0 Å². The third-order valence-electron chi connectivity index (χ3n) is 3.07. The molecule has 0 unspecified atom stereocenters. The maximum atomic E-state index is 12.0. The largest absolute Gasteiger partial charge is 0.465 e. The molecule has 0 aliphatic carbocycles. The fourth-order valence-electron chi connectivity index (χ4n) is 2.03. The Hall–Kier alpha value is -2.71. The summed E-state index contributed by atoms with van der Waals surface area (Å²) in [5, 5.41) is 14.3. The number of thiazole rings is 1. The van der Waals surface area contributed by atoms with Gasteiger partial charge >= 0.3 is 6.09 Å². The van der Waals surface area contributed by atoms with E-state index in [9.17, 15) is 9.59 Å². The Morgan fingerprint density at radius 3 is 2.79 bits per heavy atom. The lowest BCUT2D eigenvalue weighted by Crippen LogP contribution is -2.23. The van der Waals surface area contributed by atoms with Gasteiger partial charge in [0, 0.05) is 6.54 Å². The molecule has 1 aromatic carbocycles. The van der Waals surface area contributed by atoms with Crippen molar-refractivity contribution in [1.29, 1.82) is 0 Å². The van der Waals surface area contributed by atoms with Gasteiger partial charge in [-0.15, -0.1) is 0 Å². The molecule has 3 N–H and O–H groups in total. The highest BCUT2D eigenvalue weighted by molar-refractivity contribution is 7.22. The number of nitrogens with one attached hydrogen (secondary N) is 2. The SMILES string of the molecule is O=C(O)Nc1nc2ccc(CNC(=O)c3cccc(Cl)n3)cc2s1. The minimum absolute atomic E-state index is 0.245. The van der Waals surface area contributed by atoms with Crippen LogP contribution in [0, 0.1) is 0 Å². The first-order chi connectivity index (χ1) is 11.5. The highest BCUT2D eigenvalue weighted by Crippen LogP contribution is 2.26. The summed E-state index contributed by atoms with van der Waals surface area (Å²) in [7, 11) is 0. The van der Waals surface area contributed by atoms with E-state index in [1.165, 1.54) is 11.3 Å². The Balaban J connectivity index is 1.71. The number of pyridine rings is 1. The zero-order valence-electron chi connectivity index (χ0n) is 12.1. The van der Waals surface area contributed by atoms with Crippen LogP contribution in [0.4, 0.5) is 9.93 Å². The third kappa shape index (κ3) is 3.79. The van der Waals surface area contributed by atoms with E-state index in [4.69, 9.17) is 16.7 Å². The summed E-state index contributed by atoms with van der Waals surface area (Å²) in [5.41, 5.74) is 1.80. The van der Waals surface area contributed by atoms with Crippen molar-refractivity contribution in [2.45, 2.75) is 6.54 Å². The molecule has 3 rings (SSSR count). The Morgan fingerprint density at radius 2 is 2.04 bits per heavy atom. The number of hydrogen-bond donors (Lipinski definition) is 3. The maximum absolute atomic E-state index is 12.0. The van der Waals surface area contributed by atoms with Crippen LogP contribution in [0.3, 0.4) is 0 Å². The van der Waals surface area contributed by atoms with Gasteiger partial charge in [0.25, 0.3) is 5.91 Å². The molecular formula is C15H11ClN4O3S. The fraction of sp³-hybridized carbons (Fsp3) is 0.0667. The molecule has 0 fully saturated rings. The molecule has 0 spiro atoms. The van der Waals surface area contributed by atoms with E-state index in [0.717, 1.165) is 10.3 Å². The van der Waals surface area contributed by atoms with E-state index >= 15 is 0 Å². The predicted octanol–water partition coefficient (Wildman–Crippen LogP) is 3.36. The fourth-order valence-corrected chi connectivity index (χ4v) is 3.11. The molecule has 2 heterocycles. The lowest BCUT2D eigenvalue weighted by molar-refractivity contribution is 0.0946. The number of amides is 2. The monoisotopic (exact) mass is 362 g/mol. The number of hydrogen-bond acceptors (Lipinski definition) is 5. The van der Waals surface area contributed by atoms with Crippen molar-refractivity contribution >= 4 is 50.3 Å². The molecule has 0 saturated heterocycles. The van der Waals surface area contributed by atoms with Gasteiger partial charge in [-0.25, -0.2) is 14.8 Å². The van der Waals surface area contributed by atoms with E-state index in [0.29, 0.717) is 17.2 Å². The van der Waals surface area contributed by atoms with Crippen LogP contribution in [0.25, 0.3) is 10.2 Å². The van der Waals surface area contributed by atoms with Gasteiger partial charge in [-0.1, -0.05) is 35.1 Å². The van der Waals surface area contributed by atoms with Gasteiger partial charge in [0.1, 0.15) is 10.8 Å². The lowest BCUT2D eigenvalue weighted by atomic mass is 10.2. The molecule has 0 bridgehead atoms. The van der Waals surface area contributed by atoms with Crippen molar-refractivity contribution in [2.75, 3.05) is 5.32 Å². The molecule has 0 aliphatic heterocycles. The summed E-state index contributed by atoms with van der Waals surface area (Å²) < 4.78 is 0.825. The summed E-state index contributed by atoms with van der Waals surface area (Å²) >= 11 is 6.99. The van der Waals surface area contributed by atoms with Crippen LogP contribution >= 0.6 is 22.9 Å². The number of anilines is 1. The molecule has 0 saturated carbocycles. The van der Waals surface area contributed by atoms with Gasteiger partial charge in [-0.3, -0.25) is 10.1 Å². The first-order valence-electron chi connectivity index (χ1n) is 6.81. The van der Waals surface area contributed by atoms with Crippen LogP contribution in [0.15, 0.2) is 36.4 Å². The Bertz CT molecular complexity index is 928. The number of nitrogens with zero attached hydrogens (tertiary/aromatic N) is 2. The first-order valence-corrected chi connectivity index (χ1v) is 8.01. The lowest BCUT2D eigenvalue weighted by Gasteiger charge is -2.05. The van der Waals surface area contributed by atoms with Crippen LogP contribution in [-0.4, -0.2) is 27.1 Å². The van der Waals surface area contributed by atoms with Gasteiger partial charge in [-0.05, 0) is 29.8 Å². The van der Waals surface area contributed by atoms with E-state index < -0.39 is 6.09 Å². The topological polar surface area (TPSA) is 104 Å². The average molecular weight is 363 g/mol. The molecule has 9 heteroatoms. The molecule has 24 heavy (non-hydrogen) atoms. The number of aromatic nitrogens is 2. The van der Waals surface area contributed by atoms with Crippen LogP contribution in [0.2, 0.25) is 5.15 Å². The second kappa shape index (κ2) is 6.81. The number of benzene rings is 1. The number of rotatable bonds is 4. The number of carboxylic acid groups (broad SMARTS) is 1. The van der Waals surface area contributed by atoms with E-state index in [2.05, 4.69) is 20.6 Å². The third-order valence-corrected chi connectivity index (χ3v) is 4.21. The molecule has 2 aromatic heterocycles. The van der Waals surface area contributed by atoms with Crippen molar-refractivity contribution in [3.05, 3.63) is 52.8 Å². The van der Waals surface area contributed by atoms with Gasteiger partial charge < -0.3 is 10.4 Å². The van der Waals surface area contributed by atoms with Gasteiger partial charge in [0.15, 0.2) is 5.13 Å². The number of fused-ring (bicyclic) bond motifs is 1. The van der Waals surface area contributed by atoms with Gasteiger partial charge in [-0.2, -0.15) is 0 Å². The second-order valence-electron chi connectivity index (χ2n) is 4.78. The Kier molecular flexibility index (Phi) is 4.59. The molecule has 3 aromatic rings. The summed E-state index contributed by atoms with van der Waals surface area (Å²) in [6.07, 6.45) is -1.16. The molecule has 0 aliphatic rings. The van der Waals surface area contributed by atoms with Crippen molar-refractivity contribution in [3.63, 3.8) is 0 Å². The minimum Gasteiger partial charge on any atom is -0.465 e. The smallest absolute Gasteiger partial charge is 0.410 e. The van der Waals surface area contributed by atoms with Crippen molar-refractivity contribution in [3.8, 4) is 0 Å². The summed E-state index contributed by atoms with van der Waals surface area (Å²) in [6, 6.07) is 10.3. The van der Waals surface area contributed by atoms with Crippen LogP contribution in [0.1, 0.15) is 16.1 Å². The summed E-state index contributed by atoms with van der Waals surface area (Å²) in [6.45, 7) is 0.308. The van der Waals surface area contributed by atoms with E-state index in [1.54, 1.807) is 24.3 Å². The van der Waals surface area contributed by atoms with E-state index in [-0.39, 0.29) is 16.8 Å². The summed E-state index contributed by atoms with van der Waals surface area (Å²) in [5.74, 6) is -0.324. The van der Waals surface area contributed by atoms with Crippen LogP contribution in [-0.2, 0) is 6.54 Å². The molecule has 0 atom stereocenters. The first kappa shape index (κ1) is 16.2. The number of halogens is 1. The van der Waals surface area contributed by atoms with Crippen molar-refractivity contribution < 1.29 is 14.7 Å². The van der Waals surface area contributed by atoms with Crippen molar-refractivity contribution in [2.24, 2.45) is 0 Å². The Morgan fingerprint density at radius 1 is 1.21 bits per heavy atom. The molecule has 2 amide bonds. The molecule has 122 valence electrons. The molecule has 7 nitrogen and oxygen atoms in total. The highest BCUT2D eigenvalue weighted by atomic mass is 35.5. The van der Waals surface area contributed by atoms with E-state index in [1.807, 2.05) is 12.1 Å². The Labute approximate surface area is 145 Å². The number of carbonyl (C=O) groups excluding carboxylic acids is 1. The van der Waals surface area contributed by atoms with Crippen LogP contribution < -0.4 is 10.6 Å². The van der Waals surface area contributed by atoms with Crippen molar-refractivity contribution in [1.82, 2.24) is 15.3 Å². The maximum Gasteiger partial charge on any atom is 0.410 e. The molecule has 0 radical (unpaired) electrons. The minimum atomic E-state index is -1.16. The zero-order valence-corrected chi connectivity index (χ0v) is 13.7. The molecular weight excluding hydrogens is 352 g/mol. The van der Waals surface area contributed by atoms with Crippen LogP contribution in [0.5, 0.6) is 0 Å². The zero-order chi connectivity index (χ0) is 17.1. The summed E-state index contributed by atoms with van der Waals surface area (Å²) in [4.78, 5) is 30.8. The normalized spacial score (nSPS) is 10.5. The predicted molar refractivity (Wildman–Crippen MR) is 91.7 cm³/mol. The second-order valence-corrected chi connectivity index (χ2v) is 6.20. The number of carbonyl (C=O) groups is 2.